The van der Waals surface area contributed by atoms with E-state index in [-0.39, 0.29) is 0 Å². The highest BCUT2D eigenvalue weighted by Gasteiger charge is 2.33. The number of hydrogen-bond donors (Lipinski definition) is 0. The van der Waals surface area contributed by atoms with E-state index >= 15 is 0 Å². The zero-order chi connectivity index (χ0) is 13.2. The minimum absolute atomic E-state index is 0.548. The first kappa shape index (κ1) is 15.1. The van der Waals surface area contributed by atoms with Crippen LogP contribution in [0.4, 0.5) is 0 Å². The van der Waals surface area contributed by atoms with Crippen molar-refractivity contribution in [2.75, 3.05) is 46.3 Å². The van der Waals surface area contributed by atoms with Crippen LogP contribution in [0.15, 0.2) is 0 Å². The Hall–Kier alpha value is 0.740. The Balaban J connectivity index is 1.85. The molecule has 5 heteroatoms. The second-order valence-corrected chi connectivity index (χ2v) is 8.17. The van der Waals surface area contributed by atoms with Gasteiger partial charge in [0, 0.05) is 32.2 Å². The highest BCUT2D eigenvalue weighted by molar-refractivity contribution is 8.01. The lowest BCUT2D eigenvalue weighted by Crippen LogP contribution is -2.53. The zero-order valence-electron chi connectivity index (χ0n) is 12.2. The summed E-state index contributed by atoms with van der Waals surface area (Å²) in [5.41, 5.74) is 0.548. The Bertz CT molecular complexity index is 267. The summed E-state index contributed by atoms with van der Waals surface area (Å²) in [6.45, 7) is 12.5. The predicted octanol–water partition coefficient (Wildman–Crippen LogP) is 2.11. The molecular formula is C13H29N3P2. The number of piperazine rings is 1. The molecular weight excluding hydrogens is 260 g/mol. The van der Waals surface area contributed by atoms with Crippen LogP contribution in [0.2, 0.25) is 0 Å². The number of hydrogen-bond acceptors (Lipinski definition) is 3. The molecule has 3 unspecified atom stereocenters. The van der Waals surface area contributed by atoms with Crippen LogP contribution in [0.5, 0.6) is 0 Å². The topological polar surface area (TPSA) is 9.72 Å². The van der Waals surface area contributed by atoms with Crippen molar-refractivity contribution in [3.05, 3.63) is 0 Å². The van der Waals surface area contributed by atoms with Crippen molar-refractivity contribution >= 4 is 17.3 Å². The SMILES string of the molecule is CC1CN(PP)CCN1CC1(C)CCN(C)CC1. The fourth-order valence-electron chi connectivity index (χ4n) is 3.15. The minimum atomic E-state index is 0.548. The second kappa shape index (κ2) is 6.46. The van der Waals surface area contributed by atoms with Gasteiger partial charge in [-0.3, -0.25) is 9.57 Å². The molecule has 0 aliphatic carbocycles. The van der Waals surface area contributed by atoms with Crippen LogP contribution in [-0.2, 0) is 0 Å². The maximum Gasteiger partial charge on any atom is 0.0199 e. The van der Waals surface area contributed by atoms with E-state index in [9.17, 15) is 0 Å². The molecule has 0 radical (unpaired) electrons. The number of nitrogens with zero attached hydrogens (tertiary/aromatic N) is 3. The Labute approximate surface area is 117 Å². The zero-order valence-corrected chi connectivity index (χ0v) is 14.3. The van der Waals surface area contributed by atoms with Gasteiger partial charge in [0.25, 0.3) is 0 Å². The predicted molar refractivity (Wildman–Crippen MR) is 85.5 cm³/mol. The van der Waals surface area contributed by atoms with Gasteiger partial charge in [-0.15, -0.1) is 0 Å². The van der Waals surface area contributed by atoms with Gasteiger partial charge in [0.1, 0.15) is 0 Å². The molecule has 0 aromatic carbocycles. The molecule has 0 aromatic rings. The Morgan fingerprint density at radius 1 is 1.22 bits per heavy atom. The van der Waals surface area contributed by atoms with Crippen LogP contribution in [0.1, 0.15) is 26.7 Å². The Kier molecular flexibility index (Phi) is 5.43. The minimum Gasteiger partial charge on any atom is -0.306 e. The fourth-order valence-corrected chi connectivity index (χ4v) is 4.46. The summed E-state index contributed by atoms with van der Waals surface area (Å²) in [6, 6.07) is 0.725. The summed E-state index contributed by atoms with van der Waals surface area (Å²) in [6.07, 6.45) is 2.73. The van der Waals surface area contributed by atoms with Crippen molar-refractivity contribution in [1.82, 2.24) is 14.5 Å². The van der Waals surface area contributed by atoms with Gasteiger partial charge in [-0.25, -0.2) is 0 Å². The molecule has 0 N–H and O–H groups in total. The summed E-state index contributed by atoms with van der Waals surface area (Å²) >= 11 is 0. The van der Waals surface area contributed by atoms with E-state index in [1.165, 1.54) is 52.1 Å². The summed E-state index contributed by atoms with van der Waals surface area (Å²) in [5, 5.41) is 0. The highest BCUT2D eigenvalue weighted by atomic mass is 32.0. The van der Waals surface area contributed by atoms with Gasteiger partial charge in [0.05, 0.1) is 0 Å². The number of piperidine rings is 1. The van der Waals surface area contributed by atoms with Crippen molar-refractivity contribution in [3.8, 4) is 0 Å². The molecule has 0 bridgehead atoms. The lowest BCUT2D eigenvalue weighted by atomic mass is 9.79. The largest absolute Gasteiger partial charge is 0.306 e. The van der Waals surface area contributed by atoms with Gasteiger partial charge in [0.15, 0.2) is 0 Å². The molecule has 0 saturated carbocycles. The van der Waals surface area contributed by atoms with E-state index in [0.29, 0.717) is 5.41 Å². The summed E-state index contributed by atoms with van der Waals surface area (Å²) in [4.78, 5) is 5.20. The third kappa shape index (κ3) is 3.87. The molecule has 0 amide bonds. The van der Waals surface area contributed by atoms with Crippen molar-refractivity contribution in [3.63, 3.8) is 0 Å². The van der Waals surface area contributed by atoms with Crippen molar-refractivity contribution in [2.45, 2.75) is 32.7 Å². The lowest BCUT2D eigenvalue weighted by Gasteiger charge is -2.46. The van der Waals surface area contributed by atoms with Gasteiger partial charge < -0.3 is 4.90 Å². The van der Waals surface area contributed by atoms with Gasteiger partial charge in [0.2, 0.25) is 0 Å². The van der Waals surface area contributed by atoms with E-state index in [4.69, 9.17) is 0 Å². The van der Waals surface area contributed by atoms with Crippen molar-refractivity contribution < 1.29 is 0 Å². The average molecular weight is 289 g/mol. The van der Waals surface area contributed by atoms with E-state index in [0.717, 1.165) is 14.5 Å². The van der Waals surface area contributed by atoms with Crippen LogP contribution in [0, 0.1) is 5.41 Å². The van der Waals surface area contributed by atoms with Crippen LogP contribution in [-0.4, -0.2) is 66.8 Å². The summed E-state index contributed by atoms with van der Waals surface area (Å²) < 4.78 is 2.57. The molecule has 18 heavy (non-hydrogen) atoms. The molecule has 2 heterocycles. The monoisotopic (exact) mass is 289 g/mol. The van der Waals surface area contributed by atoms with E-state index in [1.807, 2.05) is 0 Å². The van der Waals surface area contributed by atoms with E-state index in [1.54, 1.807) is 0 Å². The average Bonchev–Trinajstić information content (AvgIpc) is 2.36. The highest BCUT2D eigenvalue weighted by Crippen LogP contribution is 2.34. The standard InChI is InChI=1S/C13H29N3P2/c1-12-10-16(18-17)9-8-15(12)11-13(2)4-6-14(3)7-5-13/h12,18H,4-11,17H2,1-3H3. The molecule has 2 fully saturated rings. The molecule has 3 atom stereocenters. The van der Waals surface area contributed by atoms with E-state index < -0.39 is 0 Å². The van der Waals surface area contributed by atoms with Gasteiger partial charge in [-0.1, -0.05) is 15.9 Å². The first-order chi connectivity index (χ1) is 8.52. The number of likely N-dealkylation sites (tertiary alicyclic amines) is 1. The first-order valence-corrected chi connectivity index (χ1v) is 9.92. The molecule has 3 nitrogen and oxygen atoms in total. The molecule has 2 aliphatic rings. The van der Waals surface area contributed by atoms with Crippen LogP contribution < -0.4 is 0 Å². The number of rotatable bonds is 3. The molecule has 106 valence electrons. The second-order valence-electron chi connectivity index (χ2n) is 6.51. The van der Waals surface area contributed by atoms with Crippen LogP contribution in [0.3, 0.4) is 0 Å². The van der Waals surface area contributed by atoms with Crippen molar-refractivity contribution in [2.24, 2.45) is 5.41 Å². The molecule has 2 rings (SSSR count). The quantitative estimate of drug-likeness (QED) is 0.737. The third-order valence-electron chi connectivity index (χ3n) is 4.73. The summed E-state index contributed by atoms with van der Waals surface area (Å²) in [5.74, 6) is 0. The maximum absolute atomic E-state index is 2.88. The van der Waals surface area contributed by atoms with Gasteiger partial charge >= 0.3 is 0 Å². The van der Waals surface area contributed by atoms with E-state index in [2.05, 4.69) is 44.3 Å². The molecule has 0 aromatic heterocycles. The molecule has 0 spiro atoms. The van der Waals surface area contributed by atoms with Crippen LogP contribution >= 0.6 is 17.3 Å². The van der Waals surface area contributed by atoms with Crippen LogP contribution in [0.25, 0.3) is 0 Å². The third-order valence-corrected chi connectivity index (χ3v) is 6.59. The fraction of sp³-hybridized carbons (Fsp3) is 1.00. The Morgan fingerprint density at radius 2 is 1.89 bits per heavy atom. The molecule has 2 aliphatic heterocycles. The maximum atomic E-state index is 2.88. The first-order valence-electron chi connectivity index (χ1n) is 7.16. The van der Waals surface area contributed by atoms with Gasteiger partial charge in [-0.2, -0.15) is 0 Å². The normalized spacial score (nSPS) is 32.3. The van der Waals surface area contributed by atoms with Crippen molar-refractivity contribution in [1.29, 1.82) is 0 Å². The Morgan fingerprint density at radius 3 is 2.44 bits per heavy atom. The molecule has 2 saturated heterocycles. The lowest BCUT2D eigenvalue weighted by molar-refractivity contribution is 0.0457. The summed E-state index contributed by atoms with van der Waals surface area (Å²) in [7, 11) is 6.03. The van der Waals surface area contributed by atoms with Gasteiger partial charge in [-0.05, 0) is 53.7 Å². The smallest absolute Gasteiger partial charge is 0.0199 e.